The second-order valence-electron chi connectivity index (χ2n) is 6.16. The summed E-state index contributed by atoms with van der Waals surface area (Å²) in [7, 11) is 1.61. The van der Waals surface area contributed by atoms with E-state index in [9.17, 15) is 22.4 Å². The molecule has 1 amide bonds. The third kappa shape index (κ3) is 7.33. The minimum atomic E-state index is -4.26. The van der Waals surface area contributed by atoms with Crippen molar-refractivity contribution in [2.24, 2.45) is 11.7 Å². The van der Waals surface area contributed by atoms with E-state index in [4.69, 9.17) is 5.73 Å². The van der Waals surface area contributed by atoms with Gasteiger partial charge in [0.05, 0.1) is 5.56 Å². The molecule has 0 aliphatic heterocycles. The lowest BCUT2D eigenvalue weighted by Gasteiger charge is -2.21. The van der Waals surface area contributed by atoms with Crippen LogP contribution in [0.3, 0.4) is 0 Å². The van der Waals surface area contributed by atoms with Crippen molar-refractivity contribution < 1.29 is 27.1 Å². The van der Waals surface area contributed by atoms with Gasteiger partial charge in [0, 0.05) is 31.9 Å². The van der Waals surface area contributed by atoms with Crippen molar-refractivity contribution in [1.82, 2.24) is 9.88 Å². The lowest BCUT2D eigenvalue weighted by atomic mass is 10.0. The van der Waals surface area contributed by atoms with E-state index in [0.29, 0.717) is 18.9 Å². The zero-order chi connectivity index (χ0) is 19.2. The van der Waals surface area contributed by atoms with Gasteiger partial charge in [0.15, 0.2) is 6.61 Å². The number of hydrogen-bond acceptors (Lipinski definition) is 4. The Balaban J connectivity index is 0.00000625. The highest BCUT2D eigenvalue weighted by molar-refractivity contribution is 5.93. The Morgan fingerprint density at radius 3 is 2.42 bits per heavy atom. The number of nitrogens with zero attached hydrogens (tertiary/aromatic N) is 2. The number of halogens is 5. The molecular formula is C16H24ClF4N3O2. The smallest absolute Gasteiger partial charge is 0.340 e. The fourth-order valence-corrected chi connectivity index (χ4v) is 1.82. The predicted molar refractivity (Wildman–Crippen MR) is 92.3 cm³/mol. The van der Waals surface area contributed by atoms with Crippen molar-refractivity contribution in [3.8, 4) is 5.88 Å². The van der Waals surface area contributed by atoms with Crippen LogP contribution in [-0.4, -0.2) is 54.4 Å². The lowest BCUT2D eigenvalue weighted by Crippen LogP contribution is -2.34. The molecule has 0 bridgehead atoms. The van der Waals surface area contributed by atoms with Gasteiger partial charge in [0.1, 0.15) is 0 Å². The fraction of sp³-hybridized carbons (Fsp3) is 0.625. The summed E-state index contributed by atoms with van der Waals surface area (Å²) in [4.78, 5) is 17.4. The van der Waals surface area contributed by atoms with Crippen LogP contribution < -0.4 is 10.5 Å². The maximum Gasteiger partial charge on any atom is 0.340 e. The highest BCUT2D eigenvalue weighted by atomic mass is 35.5. The second kappa shape index (κ2) is 10.5. The van der Waals surface area contributed by atoms with E-state index in [1.807, 2.05) is 13.8 Å². The SMILES string of the molecule is CC(C)C(N)CCN(C)C(=O)c1ccc(OCC(F)(F)C(F)F)nc1.Cl. The minimum Gasteiger partial charge on any atom is -0.471 e. The number of rotatable bonds is 9. The Bertz CT molecular complexity index is 559. The highest BCUT2D eigenvalue weighted by Crippen LogP contribution is 2.23. The molecule has 5 nitrogen and oxygen atoms in total. The Hall–Kier alpha value is -1.61. The maximum absolute atomic E-state index is 12.8. The topological polar surface area (TPSA) is 68.5 Å². The lowest BCUT2D eigenvalue weighted by molar-refractivity contribution is -0.148. The number of hydrogen-bond donors (Lipinski definition) is 1. The number of carbonyl (C=O) groups excluding carboxylic acids is 1. The number of carbonyl (C=O) groups is 1. The van der Waals surface area contributed by atoms with Crippen molar-refractivity contribution >= 4 is 18.3 Å². The predicted octanol–water partition coefficient (Wildman–Crippen LogP) is 3.23. The molecule has 2 N–H and O–H groups in total. The molecule has 0 spiro atoms. The Morgan fingerprint density at radius 1 is 1.35 bits per heavy atom. The second-order valence-corrected chi connectivity index (χ2v) is 6.16. The van der Waals surface area contributed by atoms with E-state index < -0.39 is 19.0 Å². The van der Waals surface area contributed by atoms with Gasteiger partial charge in [0.2, 0.25) is 5.88 Å². The van der Waals surface area contributed by atoms with Gasteiger partial charge >= 0.3 is 12.3 Å². The molecule has 150 valence electrons. The summed E-state index contributed by atoms with van der Waals surface area (Å²) in [6.07, 6.45) is -2.03. The third-order valence-electron chi connectivity index (χ3n) is 3.72. The highest BCUT2D eigenvalue weighted by Gasteiger charge is 2.41. The van der Waals surface area contributed by atoms with Crippen molar-refractivity contribution in [3.63, 3.8) is 0 Å². The van der Waals surface area contributed by atoms with Gasteiger partial charge in [-0.1, -0.05) is 13.8 Å². The van der Waals surface area contributed by atoms with Gasteiger partial charge in [-0.2, -0.15) is 8.78 Å². The number of nitrogens with two attached hydrogens (primary N) is 1. The molecule has 1 unspecified atom stereocenters. The summed E-state index contributed by atoms with van der Waals surface area (Å²) < 4.78 is 54.2. The van der Waals surface area contributed by atoms with E-state index in [-0.39, 0.29) is 35.8 Å². The fourth-order valence-electron chi connectivity index (χ4n) is 1.82. The van der Waals surface area contributed by atoms with Crippen LogP contribution in [0.2, 0.25) is 0 Å². The van der Waals surface area contributed by atoms with Gasteiger partial charge in [-0.25, -0.2) is 13.8 Å². The molecule has 1 atom stereocenters. The van der Waals surface area contributed by atoms with Crippen molar-refractivity contribution in [2.45, 2.75) is 38.7 Å². The first-order valence-corrected chi connectivity index (χ1v) is 7.80. The maximum atomic E-state index is 12.8. The van der Waals surface area contributed by atoms with Gasteiger partial charge in [-0.3, -0.25) is 4.79 Å². The molecule has 0 aromatic carbocycles. The number of alkyl halides is 4. The summed E-state index contributed by atoms with van der Waals surface area (Å²) in [5.41, 5.74) is 6.16. The zero-order valence-electron chi connectivity index (χ0n) is 14.8. The van der Waals surface area contributed by atoms with Crippen LogP contribution in [-0.2, 0) is 0 Å². The van der Waals surface area contributed by atoms with Gasteiger partial charge in [-0.05, 0) is 18.4 Å². The molecule has 0 saturated heterocycles. The van der Waals surface area contributed by atoms with Crippen LogP contribution in [0.5, 0.6) is 5.88 Å². The Labute approximate surface area is 156 Å². The summed E-state index contributed by atoms with van der Waals surface area (Å²) in [5.74, 6) is -4.53. The Morgan fingerprint density at radius 2 is 1.96 bits per heavy atom. The number of ether oxygens (including phenoxy) is 1. The zero-order valence-corrected chi connectivity index (χ0v) is 15.6. The van der Waals surface area contributed by atoms with Crippen LogP contribution in [0.4, 0.5) is 17.6 Å². The molecule has 1 heterocycles. The van der Waals surface area contributed by atoms with E-state index in [1.54, 1.807) is 7.05 Å². The van der Waals surface area contributed by atoms with Crippen LogP contribution in [0.15, 0.2) is 18.3 Å². The summed E-state index contributed by atoms with van der Waals surface area (Å²) in [5, 5.41) is 0. The molecule has 0 fully saturated rings. The van der Waals surface area contributed by atoms with Crippen molar-refractivity contribution in [2.75, 3.05) is 20.2 Å². The van der Waals surface area contributed by atoms with Crippen LogP contribution >= 0.6 is 12.4 Å². The molecular weight excluding hydrogens is 378 g/mol. The monoisotopic (exact) mass is 401 g/mol. The van der Waals surface area contributed by atoms with Crippen LogP contribution in [0.1, 0.15) is 30.6 Å². The Kier molecular flexibility index (Phi) is 9.87. The van der Waals surface area contributed by atoms with E-state index in [2.05, 4.69) is 9.72 Å². The van der Waals surface area contributed by atoms with Crippen molar-refractivity contribution in [3.05, 3.63) is 23.9 Å². The van der Waals surface area contributed by atoms with E-state index in [1.165, 1.54) is 17.0 Å². The van der Waals surface area contributed by atoms with E-state index >= 15 is 0 Å². The summed E-state index contributed by atoms with van der Waals surface area (Å²) >= 11 is 0. The molecule has 0 radical (unpaired) electrons. The average Bonchev–Trinajstić information content (AvgIpc) is 2.57. The van der Waals surface area contributed by atoms with Crippen LogP contribution in [0, 0.1) is 5.92 Å². The van der Waals surface area contributed by atoms with Gasteiger partial charge in [-0.15, -0.1) is 12.4 Å². The summed E-state index contributed by atoms with van der Waals surface area (Å²) in [6, 6.07) is 2.49. The third-order valence-corrected chi connectivity index (χ3v) is 3.72. The van der Waals surface area contributed by atoms with Gasteiger partial charge < -0.3 is 15.4 Å². The van der Waals surface area contributed by atoms with Crippen LogP contribution in [0.25, 0.3) is 0 Å². The largest absolute Gasteiger partial charge is 0.471 e. The normalized spacial score (nSPS) is 12.7. The molecule has 10 heteroatoms. The first kappa shape index (κ1) is 24.4. The molecule has 1 aromatic rings. The van der Waals surface area contributed by atoms with Crippen molar-refractivity contribution in [1.29, 1.82) is 0 Å². The molecule has 1 aromatic heterocycles. The van der Waals surface area contributed by atoms with Gasteiger partial charge in [0.25, 0.3) is 5.91 Å². The minimum absolute atomic E-state index is 0. The average molecular weight is 402 g/mol. The summed E-state index contributed by atoms with van der Waals surface area (Å²) in [6.45, 7) is 2.95. The molecule has 0 aliphatic carbocycles. The number of amides is 1. The molecule has 0 saturated carbocycles. The quantitative estimate of drug-likeness (QED) is 0.645. The molecule has 26 heavy (non-hydrogen) atoms. The number of pyridine rings is 1. The molecule has 1 rings (SSSR count). The number of aromatic nitrogens is 1. The molecule has 0 aliphatic rings. The standard InChI is InChI=1S/C16H23F4N3O2.ClH/c1-10(2)12(21)6-7-23(3)14(24)11-4-5-13(22-8-11)25-9-16(19,20)15(17)18;/h4-5,8,10,12,15H,6-7,9,21H2,1-3H3;1H. The van der Waals surface area contributed by atoms with E-state index in [0.717, 1.165) is 6.20 Å². The first-order valence-electron chi connectivity index (χ1n) is 7.80. The first-order chi connectivity index (χ1) is 11.5.